The van der Waals surface area contributed by atoms with Crippen molar-refractivity contribution in [3.63, 3.8) is 0 Å². The van der Waals surface area contributed by atoms with Gasteiger partial charge < -0.3 is 14.7 Å². The van der Waals surface area contributed by atoms with E-state index >= 15 is 0 Å². The zero-order valence-electron chi connectivity index (χ0n) is 16.5. The van der Waals surface area contributed by atoms with Gasteiger partial charge in [0.15, 0.2) is 0 Å². The Balaban J connectivity index is 1.49. The summed E-state index contributed by atoms with van der Waals surface area (Å²) in [6, 6.07) is 15.1. The standard InChI is InChI=1S/C23H28FN3O/c1-18-6-4-5-14-25(18)15-13-23(28)27-17-16-26(20-11-9-19(24)10-12-20)21-7-2-3-8-22(21)27/h2-3,7-12,18H,4-6,13-17H2,1H3/t18-/m1/s1. The van der Waals surface area contributed by atoms with Crippen molar-refractivity contribution in [1.82, 2.24) is 4.90 Å². The van der Waals surface area contributed by atoms with Gasteiger partial charge in [-0.2, -0.15) is 0 Å². The molecule has 2 aromatic carbocycles. The third-order valence-corrected chi connectivity index (χ3v) is 6.00. The lowest BCUT2D eigenvalue weighted by Gasteiger charge is -2.38. The Morgan fingerprint density at radius 2 is 1.75 bits per heavy atom. The number of anilines is 3. The van der Waals surface area contributed by atoms with Gasteiger partial charge in [0.05, 0.1) is 11.4 Å². The molecule has 5 heteroatoms. The number of fused-ring (bicyclic) bond motifs is 1. The lowest BCUT2D eigenvalue weighted by Crippen LogP contribution is -2.44. The number of amides is 1. The van der Waals surface area contributed by atoms with Gasteiger partial charge >= 0.3 is 0 Å². The summed E-state index contributed by atoms with van der Waals surface area (Å²) in [7, 11) is 0. The number of halogens is 1. The zero-order chi connectivity index (χ0) is 19.5. The monoisotopic (exact) mass is 381 g/mol. The number of nitrogens with zero attached hydrogens (tertiary/aromatic N) is 3. The fourth-order valence-corrected chi connectivity index (χ4v) is 4.37. The molecule has 0 saturated carbocycles. The lowest BCUT2D eigenvalue weighted by atomic mass is 10.0. The largest absolute Gasteiger partial charge is 0.338 e. The second kappa shape index (κ2) is 8.31. The number of carbonyl (C=O) groups excluding carboxylic acids is 1. The summed E-state index contributed by atoms with van der Waals surface area (Å²) in [6.07, 6.45) is 4.31. The van der Waals surface area contributed by atoms with Crippen LogP contribution in [0.1, 0.15) is 32.6 Å². The normalized spacial score (nSPS) is 20.1. The van der Waals surface area contributed by atoms with Gasteiger partial charge in [0.2, 0.25) is 5.91 Å². The van der Waals surface area contributed by atoms with Gasteiger partial charge in [-0.3, -0.25) is 4.79 Å². The number of benzene rings is 2. The van der Waals surface area contributed by atoms with Crippen molar-refractivity contribution in [2.24, 2.45) is 0 Å². The molecule has 0 radical (unpaired) electrons. The van der Waals surface area contributed by atoms with Crippen LogP contribution >= 0.6 is 0 Å². The van der Waals surface area contributed by atoms with E-state index in [0.717, 1.165) is 30.2 Å². The molecule has 0 N–H and O–H groups in total. The average molecular weight is 381 g/mol. The van der Waals surface area contributed by atoms with Crippen LogP contribution in [0.25, 0.3) is 0 Å². The summed E-state index contributed by atoms with van der Waals surface area (Å²) in [6.45, 7) is 5.54. The summed E-state index contributed by atoms with van der Waals surface area (Å²) >= 11 is 0. The van der Waals surface area contributed by atoms with E-state index in [4.69, 9.17) is 0 Å². The van der Waals surface area contributed by atoms with Crippen LogP contribution in [0.3, 0.4) is 0 Å². The highest BCUT2D eigenvalue weighted by molar-refractivity contribution is 5.98. The first-order chi connectivity index (χ1) is 13.6. The first-order valence-corrected chi connectivity index (χ1v) is 10.3. The molecule has 0 aliphatic carbocycles. The molecule has 28 heavy (non-hydrogen) atoms. The summed E-state index contributed by atoms with van der Waals surface area (Å²) in [5.74, 6) is -0.0539. The van der Waals surface area contributed by atoms with Crippen molar-refractivity contribution in [3.8, 4) is 0 Å². The summed E-state index contributed by atoms with van der Waals surface area (Å²) in [5, 5.41) is 0. The van der Waals surface area contributed by atoms with Crippen LogP contribution in [0.5, 0.6) is 0 Å². The van der Waals surface area contributed by atoms with E-state index in [2.05, 4.69) is 16.7 Å². The molecule has 1 amide bonds. The third kappa shape index (κ3) is 3.90. The van der Waals surface area contributed by atoms with Crippen LogP contribution in [0, 0.1) is 5.82 Å². The molecular weight excluding hydrogens is 353 g/mol. The molecule has 2 heterocycles. The number of rotatable bonds is 4. The van der Waals surface area contributed by atoms with Crippen molar-refractivity contribution >= 4 is 23.0 Å². The quantitative estimate of drug-likeness (QED) is 0.776. The number of hydrogen-bond donors (Lipinski definition) is 0. The Morgan fingerprint density at radius 1 is 1.00 bits per heavy atom. The van der Waals surface area contributed by atoms with E-state index < -0.39 is 0 Å². The molecule has 1 atom stereocenters. The molecule has 0 spiro atoms. The lowest BCUT2D eigenvalue weighted by molar-refractivity contribution is -0.119. The molecule has 2 aliphatic rings. The van der Waals surface area contributed by atoms with Crippen LogP contribution in [-0.4, -0.2) is 43.0 Å². The Labute approximate surface area is 166 Å². The number of carbonyl (C=O) groups is 1. The van der Waals surface area contributed by atoms with Crippen LogP contribution in [0.2, 0.25) is 0 Å². The van der Waals surface area contributed by atoms with Crippen LogP contribution in [0.4, 0.5) is 21.5 Å². The number of piperidine rings is 1. The smallest absolute Gasteiger partial charge is 0.228 e. The highest BCUT2D eigenvalue weighted by Crippen LogP contribution is 2.37. The summed E-state index contributed by atoms with van der Waals surface area (Å²) in [4.78, 5) is 19.6. The molecule has 1 saturated heterocycles. The number of hydrogen-bond acceptors (Lipinski definition) is 3. The van der Waals surface area contributed by atoms with Gasteiger partial charge in [-0.25, -0.2) is 4.39 Å². The topological polar surface area (TPSA) is 26.8 Å². The van der Waals surface area contributed by atoms with Crippen molar-refractivity contribution < 1.29 is 9.18 Å². The fraction of sp³-hybridized carbons (Fsp3) is 0.435. The minimum Gasteiger partial charge on any atom is -0.338 e. The third-order valence-electron chi connectivity index (χ3n) is 6.00. The van der Waals surface area contributed by atoms with Gasteiger partial charge in [0, 0.05) is 37.8 Å². The van der Waals surface area contributed by atoms with E-state index in [-0.39, 0.29) is 11.7 Å². The molecule has 2 aliphatic heterocycles. The Kier molecular flexibility index (Phi) is 5.62. The van der Waals surface area contributed by atoms with Gasteiger partial charge in [0.25, 0.3) is 0 Å². The van der Waals surface area contributed by atoms with Gasteiger partial charge in [-0.15, -0.1) is 0 Å². The van der Waals surface area contributed by atoms with Gasteiger partial charge in [-0.05, 0) is 62.7 Å². The predicted octanol–water partition coefficient (Wildman–Crippen LogP) is 4.57. The molecule has 2 aromatic rings. The first-order valence-electron chi connectivity index (χ1n) is 10.3. The maximum Gasteiger partial charge on any atom is 0.228 e. The first kappa shape index (κ1) is 18.9. The molecule has 0 unspecified atom stereocenters. The minimum absolute atomic E-state index is 0.184. The van der Waals surface area contributed by atoms with E-state index in [0.29, 0.717) is 25.6 Å². The van der Waals surface area contributed by atoms with Crippen molar-refractivity contribution in [2.45, 2.75) is 38.6 Å². The molecule has 0 bridgehead atoms. The molecule has 148 valence electrons. The SMILES string of the molecule is C[C@@H]1CCCCN1CCC(=O)N1CCN(c2ccc(F)cc2)c2ccccc21. The predicted molar refractivity (Wildman–Crippen MR) is 112 cm³/mol. The van der Waals surface area contributed by atoms with E-state index in [9.17, 15) is 9.18 Å². The second-order valence-electron chi connectivity index (χ2n) is 7.79. The summed E-state index contributed by atoms with van der Waals surface area (Å²) in [5.41, 5.74) is 2.89. The Hall–Kier alpha value is -2.40. The van der Waals surface area contributed by atoms with E-state index in [1.54, 1.807) is 12.1 Å². The fourth-order valence-electron chi connectivity index (χ4n) is 4.37. The second-order valence-corrected chi connectivity index (χ2v) is 7.79. The highest BCUT2D eigenvalue weighted by Gasteiger charge is 2.28. The Bertz CT molecular complexity index is 823. The minimum atomic E-state index is -0.238. The number of para-hydroxylation sites is 2. The van der Waals surface area contributed by atoms with Gasteiger partial charge in [0.1, 0.15) is 5.82 Å². The van der Waals surface area contributed by atoms with E-state index in [1.165, 1.54) is 31.4 Å². The van der Waals surface area contributed by atoms with Gasteiger partial charge in [-0.1, -0.05) is 18.6 Å². The van der Waals surface area contributed by atoms with Crippen LogP contribution in [0.15, 0.2) is 48.5 Å². The average Bonchev–Trinajstić information content (AvgIpc) is 2.73. The zero-order valence-corrected chi connectivity index (χ0v) is 16.5. The Morgan fingerprint density at radius 3 is 2.50 bits per heavy atom. The molecule has 4 rings (SSSR count). The highest BCUT2D eigenvalue weighted by atomic mass is 19.1. The molecule has 1 fully saturated rings. The molecular formula is C23H28FN3O. The molecule has 4 nitrogen and oxygen atoms in total. The number of likely N-dealkylation sites (tertiary alicyclic amines) is 1. The van der Waals surface area contributed by atoms with Crippen molar-refractivity contribution in [2.75, 3.05) is 36.0 Å². The van der Waals surface area contributed by atoms with Crippen LogP contribution in [-0.2, 0) is 4.79 Å². The molecule has 0 aromatic heterocycles. The van der Waals surface area contributed by atoms with Crippen molar-refractivity contribution in [3.05, 3.63) is 54.3 Å². The van der Waals surface area contributed by atoms with E-state index in [1.807, 2.05) is 29.2 Å². The maximum atomic E-state index is 13.3. The maximum absolute atomic E-state index is 13.3. The summed E-state index contributed by atoms with van der Waals surface area (Å²) < 4.78 is 13.3. The van der Waals surface area contributed by atoms with Crippen molar-refractivity contribution in [1.29, 1.82) is 0 Å². The van der Waals surface area contributed by atoms with Crippen LogP contribution < -0.4 is 9.80 Å².